The van der Waals surface area contributed by atoms with E-state index in [2.05, 4.69) is 30.1 Å². The number of aryl methyl sites for hydroxylation is 2. The molecule has 0 radical (unpaired) electrons. The van der Waals surface area contributed by atoms with Crippen LogP contribution in [0.15, 0.2) is 40.7 Å². The molecule has 0 spiro atoms. The maximum atomic E-state index is 12.0. The molecule has 2 heterocycles. The third kappa shape index (κ3) is 2.59. The van der Waals surface area contributed by atoms with Crippen LogP contribution >= 0.6 is 22.7 Å². The van der Waals surface area contributed by atoms with Crippen molar-refractivity contribution in [2.45, 2.75) is 13.3 Å². The molecular formula is C15H14N2OS2. The Bertz CT molecular complexity index is 825. The van der Waals surface area contributed by atoms with E-state index in [4.69, 9.17) is 0 Å². The van der Waals surface area contributed by atoms with Crippen molar-refractivity contribution in [3.05, 3.63) is 51.0 Å². The number of carbonyl (C=O) groups is 1. The van der Waals surface area contributed by atoms with Gasteiger partial charge in [0.05, 0.1) is 16.6 Å². The summed E-state index contributed by atoms with van der Waals surface area (Å²) in [5.74, 6) is -0.0914. The Morgan fingerprint density at radius 2 is 2.20 bits per heavy atom. The first-order valence-electron chi connectivity index (χ1n) is 6.29. The summed E-state index contributed by atoms with van der Waals surface area (Å²) in [6, 6.07) is 10.2. The number of carbonyl (C=O) groups excluding carboxylic acids is 1. The smallest absolute Gasteiger partial charge is 0.253 e. The third-order valence-corrected chi connectivity index (χ3v) is 5.06. The molecule has 0 N–H and O–H groups in total. The molecule has 0 saturated carbocycles. The van der Waals surface area contributed by atoms with Crippen LogP contribution < -0.4 is 4.80 Å². The van der Waals surface area contributed by atoms with Gasteiger partial charge in [0.25, 0.3) is 5.91 Å². The van der Waals surface area contributed by atoms with E-state index < -0.39 is 0 Å². The van der Waals surface area contributed by atoms with Crippen LogP contribution in [0.5, 0.6) is 0 Å². The van der Waals surface area contributed by atoms with Gasteiger partial charge in [-0.25, -0.2) is 0 Å². The fraction of sp³-hybridized carbons (Fsp3) is 0.200. The molecule has 5 heteroatoms. The van der Waals surface area contributed by atoms with Gasteiger partial charge in [-0.1, -0.05) is 23.5 Å². The highest BCUT2D eigenvalue weighted by molar-refractivity contribution is 7.16. The molecule has 3 rings (SSSR count). The number of fused-ring (bicyclic) bond motifs is 1. The Kier molecular flexibility index (Phi) is 3.54. The Balaban J connectivity index is 1.99. The molecular weight excluding hydrogens is 288 g/mol. The van der Waals surface area contributed by atoms with Crippen LogP contribution in [0.2, 0.25) is 0 Å². The van der Waals surface area contributed by atoms with E-state index in [9.17, 15) is 4.79 Å². The van der Waals surface area contributed by atoms with Gasteiger partial charge in [0.15, 0.2) is 4.80 Å². The molecule has 0 saturated heterocycles. The quantitative estimate of drug-likeness (QED) is 0.715. The highest BCUT2D eigenvalue weighted by Crippen LogP contribution is 2.18. The van der Waals surface area contributed by atoms with E-state index in [0.717, 1.165) is 19.9 Å². The van der Waals surface area contributed by atoms with E-state index in [-0.39, 0.29) is 5.91 Å². The van der Waals surface area contributed by atoms with Crippen molar-refractivity contribution in [3.8, 4) is 0 Å². The highest BCUT2D eigenvalue weighted by Gasteiger charge is 2.06. The Morgan fingerprint density at radius 1 is 1.35 bits per heavy atom. The molecule has 1 aromatic carbocycles. The van der Waals surface area contributed by atoms with Gasteiger partial charge in [0.2, 0.25) is 0 Å². The lowest BCUT2D eigenvalue weighted by molar-refractivity contribution is -0.117. The van der Waals surface area contributed by atoms with Crippen LogP contribution in [-0.4, -0.2) is 10.5 Å². The molecule has 0 unspecified atom stereocenters. The number of thiazole rings is 1. The van der Waals surface area contributed by atoms with Gasteiger partial charge in [-0.15, -0.1) is 11.3 Å². The zero-order valence-corrected chi connectivity index (χ0v) is 12.9. The minimum Gasteiger partial charge on any atom is -0.319 e. The van der Waals surface area contributed by atoms with Crippen molar-refractivity contribution >= 4 is 38.8 Å². The molecule has 0 aliphatic rings. The molecule has 0 fully saturated rings. The van der Waals surface area contributed by atoms with Crippen LogP contribution in [0.25, 0.3) is 10.2 Å². The summed E-state index contributed by atoms with van der Waals surface area (Å²) in [5, 5.41) is 1.98. The molecule has 20 heavy (non-hydrogen) atoms. The van der Waals surface area contributed by atoms with Crippen LogP contribution in [0.4, 0.5) is 0 Å². The first kappa shape index (κ1) is 13.3. The second-order valence-electron chi connectivity index (χ2n) is 4.68. The SMILES string of the molecule is Cc1ccc2c(c1)sc(=NC(=O)Cc1cccs1)n2C. The molecule has 1 amide bonds. The third-order valence-electron chi connectivity index (χ3n) is 3.09. The molecule has 0 aliphatic carbocycles. The zero-order valence-electron chi connectivity index (χ0n) is 11.3. The van der Waals surface area contributed by atoms with Crippen molar-refractivity contribution < 1.29 is 4.79 Å². The van der Waals surface area contributed by atoms with Crippen molar-refractivity contribution in [2.75, 3.05) is 0 Å². The molecule has 3 nitrogen and oxygen atoms in total. The number of aromatic nitrogens is 1. The molecule has 0 atom stereocenters. The number of benzene rings is 1. The van der Waals surface area contributed by atoms with Gasteiger partial charge in [-0.2, -0.15) is 4.99 Å². The molecule has 0 bridgehead atoms. The molecule has 3 aromatic rings. The largest absolute Gasteiger partial charge is 0.319 e. The summed E-state index contributed by atoms with van der Waals surface area (Å²) in [5.41, 5.74) is 2.33. The van der Waals surface area contributed by atoms with E-state index in [1.807, 2.05) is 29.1 Å². The number of hydrogen-bond acceptors (Lipinski definition) is 3. The fourth-order valence-corrected chi connectivity index (χ4v) is 3.89. The van der Waals surface area contributed by atoms with Gasteiger partial charge in [-0.05, 0) is 36.1 Å². The van der Waals surface area contributed by atoms with Crippen molar-refractivity contribution in [2.24, 2.45) is 12.0 Å². The normalized spacial score (nSPS) is 12.2. The number of rotatable bonds is 2. The monoisotopic (exact) mass is 302 g/mol. The predicted molar refractivity (Wildman–Crippen MR) is 84.1 cm³/mol. The topological polar surface area (TPSA) is 34.4 Å². The van der Waals surface area contributed by atoms with E-state index >= 15 is 0 Å². The van der Waals surface area contributed by atoms with Crippen LogP contribution in [-0.2, 0) is 18.3 Å². The number of thiophene rings is 1. The average Bonchev–Trinajstić information content (AvgIpc) is 2.99. The standard InChI is InChI=1S/C15H14N2OS2/c1-10-5-6-12-13(8-10)20-15(17(12)2)16-14(18)9-11-4-3-7-19-11/h3-8H,9H2,1-2H3. The van der Waals surface area contributed by atoms with Crippen LogP contribution in [0.3, 0.4) is 0 Å². The highest BCUT2D eigenvalue weighted by atomic mass is 32.1. The minimum absolute atomic E-state index is 0.0914. The number of amides is 1. The summed E-state index contributed by atoms with van der Waals surface area (Å²) in [7, 11) is 1.95. The number of hydrogen-bond donors (Lipinski definition) is 0. The minimum atomic E-state index is -0.0914. The van der Waals surface area contributed by atoms with Gasteiger partial charge < -0.3 is 4.57 Å². The Hall–Kier alpha value is -1.72. The van der Waals surface area contributed by atoms with Crippen LogP contribution in [0, 0.1) is 6.92 Å². The fourth-order valence-electron chi connectivity index (χ4n) is 2.06. The Labute approximate surface area is 124 Å². The predicted octanol–water partition coefficient (Wildman–Crippen LogP) is 3.28. The second-order valence-corrected chi connectivity index (χ2v) is 6.72. The van der Waals surface area contributed by atoms with Gasteiger partial charge in [0, 0.05) is 11.9 Å². The number of nitrogens with zero attached hydrogens (tertiary/aromatic N) is 2. The zero-order chi connectivity index (χ0) is 14.1. The summed E-state index contributed by atoms with van der Waals surface area (Å²) in [6.07, 6.45) is 0.380. The second kappa shape index (κ2) is 5.34. The van der Waals surface area contributed by atoms with E-state index in [0.29, 0.717) is 6.42 Å². The van der Waals surface area contributed by atoms with E-state index in [1.54, 1.807) is 22.7 Å². The molecule has 0 aliphatic heterocycles. The first-order valence-corrected chi connectivity index (χ1v) is 7.99. The van der Waals surface area contributed by atoms with E-state index in [1.165, 1.54) is 5.56 Å². The maximum absolute atomic E-state index is 12.0. The summed E-state index contributed by atoms with van der Waals surface area (Å²) in [6.45, 7) is 2.07. The van der Waals surface area contributed by atoms with Gasteiger partial charge in [-0.3, -0.25) is 4.79 Å². The average molecular weight is 302 g/mol. The van der Waals surface area contributed by atoms with Crippen LogP contribution in [0.1, 0.15) is 10.4 Å². The molecule has 2 aromatic heterocycles. The summed E-state index contributed by atoms with van der Waals surface area (Å²) < 4.78 is 3.14. The van der Waals surface area contributed by atoms with Gasteiger partial charge in [0.1, 0.15) is 0 Å². The van der Waals surface area contributed by atoms with Gasteiger partial charge >= 0.3 is 0 Å². The van der Waals surface area contributed by atoms with Crippen molar-refractivity contribution in [1.29, 1.82) is 0 Å². The lowest BCUT2D eigenvalue weighted by Gasteiger charge is -1.96. The Morgan fingerprint density at radius 3 is 2.95 bits per heavy atom. The maximum Gasteiger partial charge on any atom is 0.253 e. The lowest BCUT2D eigenvalue weighted by atomic mass is 10.2. The van der Waals surface area contributed by atoms with Crippen molar-refractivity contribution in [3.63, 3.8) is 0 Å². The lowest BCUT2D eigenvalue weighted by Crippen LogP contribution is -2.13. The molecule has 102 valence electrons. The first-order chi connectivity index (χ1) is 9.63. The summed E-state index contributed by atoms with van der Waals surface area (Å²) >= 11 is 3.15. The summed E-state index contributed by atoms with van der Waals surface area (Å²) in [4.78, 5) is 18.1. The van der Waals surface area contributed by atoms with Crippen molar-refractivity contribution in [1.82, 2.24) is 4.57 Å².